The Kier molecular flexibility index (Phi) is 4.39. The van der Waals surface area contributed by atoms with Gasteiger partial charge >= 0.3 is 0 Å². The van der Waals surface area contributed by atoms with Crippen LogP contribution in [0.1, 0.15) is 30.7 Å². The molecule has 4 nitrogen and oxygen atoms in total. The molecule has 21 heavy (non-hydrogen) atoms. The number of thiazole rings is 1. The molecule has 2 aromatic rings. The average Bonchev–Trinajstić information content (AvgIpc) is 2.84. The zero-order valence-electron chi connectivity index (χ0n) is 12.7. The Labute approximate surface area is 130 Å². The fourth-order valence-corrected chi connectivity index (χ4v) is 3.63. The number of sulfone groups is 1. The molecule has 0 aliphatic rings. The first-order valence-corrected chi connectivity index (χ1v) is 9.37. The van der Waals surface area contributed by atoms with E-state index < -0.39 is 9.84 Å². The lowest BCUT2D eigenvalue weighted by atomic mass is 9.98. The van der Waals surface area contributed by atoms with E-state index in [2.05, 4.69) is 31.1 Å². The van der Waals surface area contributed by atoms with Gasteiger partial charge < -0.3 is 5.32 Å². The van der Waals surface area contributed by atoms with Crippen LogP contribution in [0.15, 0.2) is 35.4 Å². The molecular formula is C15H20N2O2S2. The van der Waals surface area contributed by atoms with Crippen molar-refractivity contribution < 1.29 is 8.42 Å². The quantitative estimate of drug-likeness (QED) is 0.936. The molecule has 0 radical (unpaired) electrons. The standard InChI is InChI=1S/C15H20N2O2S2/c1-15(2,3)14-17-10-11(20-14)9-16-12-7-5-6-8-13(12)21(4,18)19/h5-8,10,16H,9H2,1-4H3. The lowest BCUT2D eigenvalue weighted by molar-refractivity contribution is 0.585. The molecule has 1 heterocycles. The summed E-state index contributed by atoms with van der Waals surface area (Å²) in [6, 6.07) is 6.95. The molecule has 0 fully saturated rings. The van der Waals surface area contributed by atoms with Crippen molar-refractivity contribution in [2.24, 2.45) is 0 Å². The minimum Gasteiger partial charge on any atom is -0.379 e. The first kappa shape index (κ1) is 16.0. The van der Waals surface area contributed by atoms with Crippen LogP contribution >= 0.6 is 11.3 Å². The van der Waals surface area contributed by atoms with E-state index in [0.717, 1.165) is 9.88 Å². The van der Waals surface area contributed by atoms with E-state index in [9.17, 15) is 8.42 Å². The molecule has 0 bridgehead atoms. The van der Waals surface area contributed by atoms with Crippen molar-refractivity contribution in [1.82, 2.24) is 4.98 Å². The molecule has 0 saturated carbocycles. The van der Waals surface area contributed by atoms with Gasteiger partial charge in [-0.15, -0.1) is 11.3 Å². The molecule has 0 saturated heterocycles. The highest BCUT2D eigenvalue weighted by Crippen LogP contribution is 2.28. The van der Waals surface area contributed by atoms with Crippen molar-refractivity contribution in [2.45, 2.75) is 37.6 Å². The number of hydrogen-bond acceptors (Lipinski definition) is 5. The summed E-state index contributed by atoms with van der Waals surface area (Å²) in [5.74, 6) is 0. The van der Waals surface area contributed by atoms with Gasteiger partial charge in [0.25, 0.3) is 0 Å². The lowest BCUT2D eigenvalue weighted by Crippen LogP contribution is -2.09. The summed E-state index contributed by atoms with van der Waals surface area (Å²) in [7, 11) is -3.23. The van der Waals surface area contributed by atoms with Crippen LogP contribution in [0, 0.1) is 0 Å². The lowest BCUT2D eigenvalue weighted by Gasteiger charge is -2.13. The van der Waals surface area contributed by atoms with Crippen LogP contribution in [0.5, 0.6) is 0 Å². The molecule has 2 rings (SSSR count). The summed E-state index contributed by atoms with van der Waals surface area (Å²) in [6.07, 6.45) is 3.07. The summed E-state index contributed by atoms with van der Waals surface area (Å²) < 4.78 is 23.5. The maximum Gasteiger partial charge on any atom is 0.177 e. The van der Waals surface area contributed by atoms with Gasteiger partial charge in [0.2, 0.25) is 0 Å². The summed E-state index contributed by atoms with van der Waals surface area (Å²) in [5.41, 5.74) is 0.666. The van der Waals surface area contributed by atoms with Crippen LogP contribution in [-0.4, -0.2) is 19.7 Å². The fraction of sp³-hybridized carbons (Fsp3) is 0.400. The summed E-state index contributed by atoms with van der Waals surface area (Å²) in [5, 5.41) is 4.27. The van der Waals surface area contributed by atoms with E-state index in [-0.39, 0.29) is 5.41 Å². The number of hydrogen-bond donors (Lipinski definition) is 1. The second-order valence-corrected chi connectivity index (χ2v) is 9.10. The number of nitrogens with one attached hydrogen (secondary N) is 1. The van der Waals surface area contributed by atoms with Crippen molar-refractivity contribution in [1.29, 1.82) is 0 Å². The van der Waals surface area contributed by atoms with Crippen LogP contribution in [0.3, 0.4) is 0 Å². The van der Waals surface area contributed by atoms with Crippen LogP contribution < -0.4 is 5.32 Å². The number of anilines is 1. The number of nitrogens with zero attached hydrogens (tertiary/aromatic N) is 1. The first-order valence-electron chi connectivity index (χ1n) is 6.66. The van der Waals surface area contributed by atoms with Crippen LogP contribution in [0.2, 0.25) is 0 Å². The number of rotatable bonds is 4. The predicted molar refractivity (Wildman–Crippen MR) is 87.7 cm³/mol. The molecule has 0 atom stereocenters. The van der Waals surface area contributed by atoms with E-state index in [0.29, 0.717) is 17.1 Å². The minimum atomic E-state index is -3.23. The largest absolute Gasteiger partial charge is 0.379 e. The number of aromatic nitrogens is 1. The Hall–Kier alpha value is -1.40. The maximum atomic E-state index is 11.8. The van der Waals surface area contributed by atoms with Gasteiger partial charge in [-0.1, -0.05) is 32.9 Å². The van der Waals surface area contributed by atoms with Crippen molar-refractivity contribution in [2.75, 3.05) is 11.6 Å². The predicted octanol–water partition coefficient (Wildman–Crippen LogP) is 3.46. The van der Waals surface area contributed by atoms with Crippen molar-refractivity contribution >= 4 is 26.9 Å². The van der Waals surface area contributed by atoms with Gasteiger partial charge in [0, 0.05) is 22.7 Å². The van der Waals surface area contributed by atoms with E-state index in [1.54, 1.807) is 29.5 Å². The summed E-state index contributed by atoms with van der Waals surface area (Å²) in [4.78, 5) is 5.84. The van der Waals surface area contributed by atoms with Crippen LogP contribution in [0.25, 0.3) is 0 Å². The number of benzene rings is 1. The Morgan fingerprint density at radius 1 is 1.24 bits per heavy atom. The van der Waals surface area contributed by atoms with Gasteiger partial charge in [-0.05, 0) is 12.1 Å². The summed E-state index contributed by atoms with van der Waals surface area (Å²) in [6.45, 7) is 6.95. The third-order valence-corrected chi connectivity index (χ3v) is 5.51. The Morgan fingerprint density at radius 3 is 2.48 bits per heavy atom. The smallest absolute Gasteiger partial charge is 0.177 e. The number of para-hydroxylation sites is 1. The second-order valence-electron chi connectivity index (χ2n) is 6.00. The molecule has 1 N–H and O–H groups in total. The Morgan fingerprint density at radius 2 is 1.90 bits per heavy atom. The van der Waals surface area contributed by atoms with E-state index in [4.69, 9.17) is 0 Å². The fourth-order valence-electron chi connectivity index (χ4n) is 1.85. The topological polar surface area (TPSA) is 59.1 Å². The zero-order chi connectivity index (χ0) is 15.7. The van der Waals surface area contributed by atoms with Gasteiger partial charge in [0.05, 0.1) is 22.1 Å². The molecule has 0 unspecified atom stereocenters. The molecule has 6 heteroatoms. The minimum absolute atomic E-state index is 0.0353. The highest BCUT2D eigenvalue weighted by molar-refractivity contribution is 7.90. The van der Waals surface area contributed by atoms with Gasteiger partial charge in [0.1, 0.15) is 0 Å². The van der Waals surface area contributed by atoms with Crippen LogP contribution in [0.4, 0.5) is 5.69 Å². The second kappa shape index (κ2) is 5.77. The van der Waals surface area contributed by atoms with Gasteiger partial charge in [0.15, 0.2) is 9.84 Å². The highest BCUT2D eigenvalue weighted by atomic mass is 32.2. The van der Waals surface area contributed by atoms with E-state index in [1.165, 1.54) is 6.26 Å². The normalized spacial score (nSPS) is 12.4. The third-order valence-electron chi connectivity index (χ3n) is 2.93. The molecule has 0 spiro atoms. The van der Waals surface area contributed by atoms with Crippen molar-refractivity contribution in [3.8, 4) is 0 Å². The molecule has 0 aliphatic heterocycles. The van der Waals surface area contributed by atoms with Crippen molar-refractivity contribution in [3.63, 3.8) is 0 Å². The van der Waals surface area contributed by atoms with Gasteiger partial charge in [-0.25, -0.2) is 13.4 Å². The molecule has 0 amide bonds. The molecule has 114 valence electrons. The van der Waals surface area contributed by atoms with E-state index >= 15 is 0 Å². The van der Waals surface area contributed by atoms with Crippen LogP contribution in [-0.2, 0) is 21.8 Å². The van der Waals surface area contributed by atoms with Gasteiger partial charge in [-0.2, -0.15) is 0 Å². The Balaban J connectivity index is 2.16. The zero-order valence-corrected chi connectivity index (χ0v) is 14.3. The first-order chi connectivity index (χ1) is 9.68. The van der Waals surface area contributed by atoms with Crippen molar-refractivity contribution in [3.05, 3.63) is 40.3 Å². The molecule has 0 aliphatic carbocycles. The molecular weight excluding hydrogens is 304 g/mol. The highest BCUT2D eigenvalue weighted by Gasteiger charge is 2.18. The SMILES string of the molecule is CC(C)(C)c1ncc(CNc2ccccc2S(C)(=O)=O)s1. The van der Waals surface area contributed by atoms with E-state index in [1.807, 2.05) is 12.3 Å². The average molecular weight is 324 g/mol. The van der Waals surface area contributed by atoms with Gasteiger partial charge in [-0.3, -0.25) is 0 Å². The summed E-state index contributed by atoms with van der Waals surface area (Å²) >= 11 is 1.65. The maximum absolute atomic E-state index is 11.8. The third kappa shape index (κ3) is 4.04. The molecule has 1 aromatic carbocycles. The Bertz CT molecular complexity index is 728. The monoisotopic (exact) mass is 324 g/mol. The molecule has 1 aromatic heterocycles.